The summed E-state index contributed by atoms with van der Waals surface area (Å²) < 4.78 is 26.8. The number of hydrogen-bond donors (Lipinski definition) is 2. The molecule has 2 aliphatic rings. The molecule has 0 bridgehead atoms. The molecule has 0 aromatic heterocycles. The first-order valence-electron chi connectivity index (χ1n) is 8.24. The van der Waals surface area contributed by atoms with Gasteiger partial charge >= 0.3 is 6.03 Å². The molecule has 140 valence electrons. The van der Waals surface area contributed by atoms with E-state index in [0.717, 1.165) is 4.90 Å². The highest BCUT2D eigenvalue weighted by Gasteiger charge is 2.45. The smallest absolute Gasteiger partial charge is 0.324 e. The van der Waals surface area contributed by atoms with Crippen LogP contribution in [0.25, 0.3) is 0 Å². The maximum absolute atomic E-state index is 12.8. The molecule has 1 aromatic carbocycles. The van der Waals surface area contributed by atoms with Crippen molar-refractivity contribution in [2.24, 2.45) is 0 Å². The molecule has 26 heavy (non-hydrogen) atoms. The van der Waals surface area contributed by atoms with Crippen molar-refractivity contribution in [1.82, 2.24) is 14.5 Å². The number of aryl methyl sites for hydroxylation is 1. The van der Waals surface area contributed by atoms with Gasteiger partial charge in [-0.1, -0.05) is 6.92 Å². The third-order valence-corrected chi connectivity index (χ3v) is 6.46. The molecule has 2 N–H and O–H groups in total. The molecule has 2 heterocycles. The molecule has 2 saturated heterocycles. The minimum Gasteiger partial charge on any atom is -0.329 e. The lowest BCUT2D eigenvalue weighted by atomic mass is 10.1. The summed E-state index contributed by atoms with van der Waals surface area (Å²) in [5.41, 5.74) is 1.05. The first-order valence-corrected chi connectivity index (χ1v) is 9.68. The van der Waals surface area contributed by atoms with Crippen LogP contribution >= 0.6 is 0 Å². The number of hydrogen-bond acceptors (Lipinski definition) is 5. The van der Waals surface area contributed by atoms with E-state index in [2.05, 4.69) is 10.6 Å². The highest BCUT2D eigenvalue weighted by Crippen LogP contribution is 2.28. The lowest BCUT2D eigenvalue weighted by Crippen LogP contribution is -2.62. The second-order valence-corrected chi connectivity index (χ2v) is 8.19. The Bertz CT molecular complexity index is 861. The van der Waals surface area contributed by atoms with E-state index in [9.17, 15) is 22.8 Å². The quantitative estimate of drug-likeness (QED) is 0.711. The van der Waals surface area contributed by atoms with Crippen LogP contribution in [0.1, 0.15) is 18.9 Å². The van der Waals surface area contributed by atoms with Gasteiger partial charge in [0.1, 0.15) is 0 Å². The highest BCUT2D eigenvalue weighted by molar-refractivity contribution is 7.89. The van der Waals surface area contributed by atoms with Crippen molar-refractivity contribution < 1.29 is 22.8 Å². The standard InChI is InChI=1S/C16H20N4O5S/c1-3-14(21)18-11-4-5-13(10(2)6-11)26(24,25)19-8-12(9-19)20-15(22)7-17-16(20)23/h4-6,12H,3,7-9H2,1-2H3,(H,17,23)(H,18,21). The molecule has 0 spiro atoms. The van der Waals surface area contributed by atoms with Gasteiger partial charge in [-0.25, -0.2) is 13.2 Å². The molecule has 0 atom stereocenters. The predicted molar refractivity (Wildman–Crippen MR) is 92.9 cm³/mol. The van der Waals surface area contributed by atoms with E-state index in [0.29, 0.717) is 17.7 Å². The van der Waals surface area contributed by atoms with Crippen LogP contribution in [-0.4, -0.2) is 61.1 Å². The molecule has 0 radical (unpaired) electrons. The van der Waals surface area contributed by atoms with E-state index in [4.69, 9.17) is 0 Å². The summed E-state index contributed by atoms with van der Waals surface area (Å²) in [6, 6.07) is 3.68. The first-order chi connectivity index (χ1) is 12.2. The Morgan fingerprint density at radius 3 is 2.54 bits per heavy atom. The number of rotatable bonds is 5. The average molecular weight is 380 g/mol. The Morgan fingerprint density at radius 1 is 1.31 bits per heavy atom. The number of sulfonamides is 1. The van der Waals surface area contributed by atoms with Gasteiger partial charge in [-0.3, -0.25) is 14.5 Å². The number of anilines is 1. The monoisotopic (exact) mass is 380 g/mol. The number of amides is 4. The Balaban J connectivity index is 1.72. The van der Waals surface area contributed by atoms with Gasteiger partial charge in [0, 0.05) is 25.2 Å². The van der Waals surface area contributed by atoms with Crippen LogP contribution in [0, 0.1) is 6.92 Å². The van der Waals surface area contributed by atoms with Crippen molar-refractivity contribution in [1.29, 1.82) is 0 Å². The van der Waals surface area contributed by atoms with Gasteiger partial charge in [-0.05, 0) is 30.7 Å². The van der Waals surface area contributed by atoms with Crippen LogP contribution in [0.2, 0.25) is 0 Å². The number of carbonyl (C=O) groups is 3. The number of nitrogens with one attached hydrogen (secondary N) is 2. The zero-order chi connectivity index (χ0) is 19.1. The van der Waals surface area contributed by atoms with Gasteiger partial charge in [0.15, 0.2) is 0 Å². The number of imide groups is 1. The van der Waals surface area contributed by atoms with Crippen LogP contribution in [0.15, 0.2) is 23.1 Å². The molecule has 1 aromatic rings. The van der Waals surface area contributed by atoms with Crippen molar-refractivity contribution in [2.75, 3.05) is 25.0 Å². The zero-order valence-corrected chi connectivity index (χ0v) is 15.3. The average Bonchev–Trinajstić information content (AvgIpc) is 2.85. The maximum Gasteiger partial charge on any atom is 0.324 e. The van der Waals surface area contributed by atoms with Gasteiger partial charge in [-0.2, -0.15) is 4.31 Å². The number of urea groups is 1. The zero-order valence-electron chi connectivity index (χ0n) is 14.5. The largest absolute Gasteiger partial charge is 0.329 e. The number of carbonyl (C=O) groups excluding carboxylic acids is 3. The Kier molecular flexibility index (Phi) is 4.72. The summed E-state index contributed by atoms with van der Waals surface area (Å²) in [7, 11) is -3.73. The Hall–Kier alpha value is -2.46. The summed E-state index contributed by atoms with van der Waals surface area (Å²) in [5, 5.41) is 5.11. The van der Waals surface area contributed by atoms with E-state index in [1.165, 1.54) is 10.4 Å². The Morgan fingerprint density at radius 2 is 2.00 bits per heavy atom. The normalized spacial score (nSPS) is 18.6. The van der Waals surface area contributed by atoms with Gasteiger partial charge in [0.2, 0.25) is 21.8 Å². The fourth-order valence-corrected chi connectivity index (χ4v) is 4.71. The lowest BCUT2D eigenvalue weighted by molar-refractivity contribution is -0.128. The summed E-state index contributed by atoms with van der Waals surface area (Å²) in [4.78, 5) is 36.0. The molecular weight excluding hydrogens is 360 g/mol. The van der Waals surface area contributed by atoms with Crippen molar-refractivity contribution in [3.63, 3.8) is 0 Å². The third-order valence-electron chi connectivity index (χ3n) is 4.47. The number of benzene rings is 1. The van der Waals surface area contributed by atoms with Crippen LogP contribution in [-0.2, 0) is 19.6 Å². The summed E-state index contributed by atoms with van der Waals surface area (Å²) in [6.07, 6.45) is 0.330. The maximum atomic E-state index is 12.8. The molecule has 10 heteroatoms. The van der Waals surface area contributed by atoms with E-state index < -0.39 is 22.1 Å². The molecule has 2 aliphatic heterocycles. The molecule has 2 fully saturated rings. The van der Waals surface area contributed by atoms with E-state index >= 15 is 0 Å². The summed E-state index contributed by atoms with van der Waals surface area (Å²) in [6.45, 7) is 3.49. The van der Waals surface area contributed by atoms with Crippen molar-refractivity contribution in [3.8, 4) is 0 Å². The second kappa shape index (κ2) is 6.69. The predicted octanol–water partition coefficient (Wildman–Crippen LogP) is 0.268. The van der Waals surface area contributed by atoms with E-state index in [1.807, 2.05) is 0 Å². The molecule has 4 amide bonds. The van der Waals surface area contributed by atoms with Crippen LogP contribution < -0.4 is 10.6 Å². The van der Waals surface area contributed by atoms with Gasteiger partial charge in [-0.15, -0.1) is 0 Å². The van der Waals surface area contributed by atoms with E-state index in [-0.39, 0.29) is 36.3 Å². The van der Waals surface area contributed by atoms with Crippen molar-refractivity contribution in [2.45, 2.75) is 31.2 Å². The van der Waals surface area contributed by atoms with Crippen molar-refractivity contribution >= 4 is 33.6 Å². The summed E-state index contributed by atoms with van der Waals surface area (Å²) in [5.74, 6) is -0.497. The molecular formula is C16H20N4O5S. The minimum absolute atomic E-state index is 0.0495. The SMILES string of the molecule is CCC(=O)Nc1ccc(S(=O)(=O)N2CC(N3C(=O)CNC3=O)C2)c(C)c1. The molecule has 3 rings (SSSR count). The fraction of sp³-hybridized carbons (Fsp3) is 0.438. The topological polar surface area (TPSA) is 116 Å². The third kappa shape index (κ3) is 3.17. The van der Waals surface area contributed by atoms with Gasteiger partial charge in [0.25, 0.3) is 0 Å². The molecule has 0 saturated carbocycles. The molecule has 9 nitrogen and oxygen atoms in total. The molecule has 0 aliphatic carbocycles. The van der Waals surface area contributed by atoms with Gasteiger partial charge < -0.3 is 10.6 Å². The van der Waals surface area contributed by atoms with Crippen LogP contribution in [0.4, 0.5) is 10.5 Å². The van der Waals surface area contributed by atoms with Crippen LogP contribution in [0.5, 0.6) is 0 Å². The second-order valence-electron chi connectivity index (χ2n) is 6.28. The van der Waals surface area contributed by atoms with Crippen LogP contribution in [0.3, 0.4) is 0 Å². The Labute approximate surface area is 151 Å². The van der Waals surface area contributed by atoms with Gasteiger partial charge in [0.05, 0.1) is 17.5 Å². The molecule has 0 unspecified atom stereocenters. The van der Waals surface area contributed by atoms with Crippen molar-refractivity contribution in [3.05, 3.63) is 23.8 Å². The fourth-order valence-electron chi connectivity index (χ4n) is 2.99. The number of nitrogens with zero attached hydrogens (tertiary/aromatic N) is 2. The first kappa shape index (κ1) is 18.3. The lowest BCUT2D eigenvalue weighted by Gasteiger charge is -2.41. The summed E-state index contributed by atoms with van der Waals surface area (Å²) >= 11 is 0. The minimum atomic E-state index is -3.73. The highest BCUT2D eigenvalue weighted by atomic mass is 32.2. The van der Waals surface area contributed by atoms with E-state index in [1.54, 1.807) is 26.0 Å².